The van der Waals surface area contributed by atoms with Gasteiger partial charge >= 0.3 is 0 Å². The smallest absolute Gasteiger partial charge is 0.137 e. The molecular formula is C14H13ClN2O. The van der Waals surface area contributed by atoms with Gasteiger partial charge in [-0.25, -0.2) is 0 Å². The van der Waals surface area contributed by atoms with E-state index in [1.54, 1.807) is 0 Å². The lowest BCUT2D eigenvalue weighted by molar-refractivity contribution is 0.340. The summed E-state index contributed by atoms with van der Waals surface area (Å²) in [5.41, 5.74) is 3.33. The summed E-state index contributed by atoms with van der Waals surface area (Å²) in [6, 6.07) is 9.55. The molecule has 0 amide bonds. The first kappa shape index (κ1) is 12.5. The van der Waals surface area contributed by atoms with Crippen LogP contribution in [-0.2, 0) is 0 Å². The van der Waals surface area contributed by atoms with Gasteiger partial charge in [0.2, 0.25) is 0 Å². The summed E-state index contributed by atoms with van der Waals surface area (Å²) in [7, 11) is 0. The van der Waals surface area contributed by atoms with E-state index in [1.165, 1.54) is 0 Å². The summed E-state index contributed by atoms with van der Waals surface area (Å²) >= 11 is 6.13. The molecule has 0 radical (unpaired) electrons. The summed E-state index contributed by atoms with van der Waals surface area (Å²) < 4.78 is 5.38. The molecule has 0 aliphatic rings. The van der Waals surface area contributed by atoms with Crippen molar-refractivity contribution in [1.29, 1.82) is 5.26 Å². The van der Waals surface area contributed by atoms with Crippen LogP contribution in [0.3, 0.4) is 0 Å². The van der Waals surface area contributed by atoms with Crippen molar-refractivity contribution < 1.29 is 4.74 Å². The van der Waals surface area contributed by atoms with Gasteiger partial charge < -0.3 is 9.72 Å². The number of benzene rings is 1. The van der Waals surface area contributed by atoms with Crippen molar-refractivity contribution in [3.8, 4) is 23.1 Å². The Labute approximate surface area is 111 Å². The van der Waals surface area contributed by atoms with Gasteiger partial charge in [0.15, 0.2) is 0 Å². The minimum atomic E-state index is 0.570. The van der Waals surface area contributed by atoms with Gasteiger partial charge in [-0.15, -0.1) is 0 Å². The summed E-state index contributed by atoms with van der Waals surface area (Å²) in [6.45, 7) is 4.37. The Morgan fingerprint density at radius 3 is 2.72 bits per heavy atom. The molecule has 2 rings (SSSR count). The second kappa shape index (κ2) is 5.16. The van der Waals surface area contributed by atoms with E-state index in [-0.39, 0.29) is 0 Å². The molecule has 0 aliphatic carbocycles. The Bertz CT molecular complexity index is 611. The summed E-state index contributed by atoms with van der Waals surface area (Å²) in [5.74, 6) is 0.673. The Morgan fingerprint density at radius 2 is 2.17 bits per heavy atom. The fourth-order valence-corrected chi connectivity index (χ4v) is 2.01. The first-order valence-corrected chi connectivity index (χ1v) is 6.06. The molecule has 0 bridgehead atoms. The van der Waals surface area contributed by atoms with Gasteiger partial charge in [0.1, 0.15) is 11.8 Å². The molecule has 0 spiro atoms. The first-order chi connectivity index (χ1) is 8.65. The second-order valence-electron chi connectivity index (χ2n) is 3.91. The largest absolute Gasteiger partial charge is 0.492 e. The van der Waals surface area contributed by atoms with Crippen LogP contribution < -0.4 is 4.74 Å². The zero-order valence-electron chi connectivity index (χ0n) is 10.2. The molecule has 0 unspecified atom stereocenters. The molecule has 3 nitrogen and oxygen atoms in total. The van der Waals surface area contributed by atoms with E-state index >= 15 is 0 Å². The number of halogens is 1. The molecule has 92 valence electrons. The van der Waals surface area contributed by atoms with Crippen LogP contribution in [0, 0.1) is 18.3 Å². The predicted molar refractivity (Wildman–Crippen MR) is 71.9 cm³/mol. The van der Waals surface area contributed by atoms with Gasteiger partial charge in [0, 0.05) is 11.4 Å². The van der Waals surface area contributed by atoms with E-state index in [9.17, 15) is 0 Å². The predicted octanol–water partition coefficient (Wildman–Crippen LogP) is 3.91. The third-order valence-electron chi connectivity index (χ3n) is 2.68. The number of aromatic amines is 1. The second-order valence-corrected chi connectivity index (χ2v) is 4.32. The molecule has 1 aromatic carbocycles. The number of nitriles is 1. The third-order valence-corrected chi connectivity index (χ3v) is 2.97. The zero-order chi connectivity index (χ0) is 13.1. The number of aromatic nitrogens is 1. The molecule has 0 aliphatic heterocycles. The molecule has 1 aromatic heterocycles. The van der Waals surface area contributed by atoms with Crippen molar-refractivity contribution in [2.45, 2.75) is 13.8 Å². The highest BCUT2D eigenvalue weighted by molar-refractivity contribution is 6.32. The summed E-state index contributed by atoms with van der Waals surface area (Å²) in [6.07, 6.45) is 0. The van der Waals surface area contributed by atoms with Crippen molar-refractivity contribution in [3.63, 3.8) is 0 Å². The van der Waals surface area contributed by atoms with E-state index < -0.39 is 0 Å². The Hall–Kier alpha value is -1.92. The number of hydrogen-bond acceptors (Lipinski definition) is 2. The van der Waals surface area contributed by atoms with Crippen molar-refractivity contribution >= 4 is 11.6 Å². The van der Waals surface area contributed by atoms with Crippen LogP contribution >= 0.6 is 11.6 Å². The maximum Gasteiger partial charge on any atom is 0.137 e. The van der Waals surface area contributed by atoms with Crippen LogP contribution in [-0.4, -0.2) is 11.6 Å². The van der Waals surface area contributed by atoms with Crippen molar-refractivity contribution in [2.24, 2.45) is 0 Å². The molecule has 1 heterocycles. The average molecular weight is 261 g/mol. The number of nitrogens with one attached hydrogen (secondary N) is 1. The number of hydrogen-bond donors (Lipinski definition) is 1. The number of aryl methyl sites for hydroxylation is 1. The molecule has 4 heteroatoms. The quantitative estimate of drug-likeness (QED) is 0.909. The van der Waals surface area contributed by atoms with E-state index in [4.69, 9.17) is 21.6 Å². The van der Waals surface area contributed by atoms with E-state index in [1.807, 2.05) is 38.1 Å². The lowest BCUT2D eigenvalue weighted by Crippen LogP contribution is -1.92. The standard InChI is InChI=1S/C14H13ClN2O/c1-3-18-14-5-4-10(6-12(14)15)13-7-11(8-16)9(2)17-13/h4-7,17H,3H2,1-2H3. The molecular weight excluding hydrogens is 248 g/mol. The maximum atomic E-state index is 8.93. The highest BCUT2D eigenvalue weighted by atomic mass is 35.5. The Kier molecular flexibility index (Phi) is 3.59. The molecule has 2 aromatic rings. The van der Waals surface area contributed by atoms with Gasteiger partial charge in [0.25, 0.3) is 0 Å². The number of rotatable bonds is 3. The monoisotopic (exact) mass is 260 g/mol. The van der Waals surface area contributed by atoms with Crippen LogP contribution in [0.15, 0.2) is 24.3 Å². The van der Waals surface area contributed by atoms with Crippen LogP contribution in [0.5, 0.6) is 5.75 Å². The van der Waals surface area contributed by atoms with Gasteiger partial charge in [0.05, 0.1) is 17.2 Å². The van der Waals surface area contributed by atoms with E-state index in [2.05, 4.69) is 11.1 Å². The number of nitrogens with zero attached hydrogens (tertiary/aromatic N) is 1. The lowest BCUT2D eigenvalue weighted by Gasteiger charge is -2.06. The third kappa shape index (κ3) is 2.34. The fraction of sp³-hybridized carbons (Fsp3) is 0.214. The maximum absolute atomic E-state index is 8.93. The molecule has 1 N–H and O–H groups in total. The number of ether oxygens (including phenoxy) is 1. The van der Waals surface area contributed by atoms with E-state index in [0.717, 1.165) is 17.0 Å². The van der Waals surface area contributed by atoms with Crippen LogP contribution in [0.25, 0.3) is 11.3 Å². The van der Waals surface area contributed by atoms with Gasteiger partial charge in [-0.05, 0) is 43.7 Å². The van der Waals surface area contributed by atoms with Crippen LogP contribution in [0.2, 0.25) is 5.02 Å². The minimum absolute atomic E-state index is 0.570. The SMILES string of the molecule is CCOc1ccc(-c2cc(C#N)c(C)[nH]2)cc1Cl. The van der Waals surface area contributed by atoms with Gasteiger partial charge in [-0.2, -0.15) is 5.26 Å². The van der Waals surface area contributed by atoms with Crippen LogP contribution in [0.4, 0.5) is 0 Å². The number of H-pyrrole nitrogens is 1. The summed E-state index contributed by atoms with van der Waals surface area (Å²) in [4.78, 5) is 3.17. The normalized spacial score (nSPS) is 10.1. The fourth-order valence-electron chi connectivity index (χ4n) is 1.77. The molecule has 0 saturated carbocycles. The first-order valence-electron chi connectivity index (χ1n) is 5.68. The van der Waals surface area contributed by atoms with Gasteiger partial charge in [-0.3, -0.25) is 0 Å². The Balaban J connectivity index is 2.39. The molecule has 0 saturated heterocycles. The highest BCUT2D eigenvalue weighted by Gasteiger charge is 2.08. The molecule has 18 heavy (non-hydrogen) atoms. The highest BCUT2D eigenvalue weighted by Crippen LogP contribution is 2.30. The average Bonchev–Trinajstić information content (AvgIpc) is 2.73. The summed E-state index contributed by atoms with van der Waals surface area (Å²) in [5, 5.41) is 9.50. The lowest BCUT2D eigenvalue weighted by atomic mass is 10.1. The zero-order valence-corrected chi connectivity index (χ0v) is 11.0. The van der Waals surface area contributed by atoms with E-state index in [0.29, 0.717) is 22.9 Å². The Morgan fingerprint density at radius 1 is 1.39 bits per heavy atom. The molecule has 0 fully saturated rings. The molecule has 0 atom stereocenters. The van der Waals surface area contributed by atoms with Crippen LogP contribution in [0.1, 0.15) is 18.2 Å². The van der Waals surface area contributed by atoms with Crippen molar-refractivity contribution in [2.75, 3.05) is 6.61 Å². The van der Waals surface area contributed by atoms with Crippen molar-refractivity contribution in [3.05, 3.63) is 40.5 Å². The van der Waals surface area contributed by atoms with Crippen molar-refractivity contribution in [1.82, 2.24) is 4.98 Å². The topological polar surface area (TPSA) is 48.8 Å². The van der Waals surface area contributed by atoms with Gasteiger partial charge in [-0.1, -0.05) is 11.6 Å². The minimum Gasteiger partial charge on any atom is -0.492 e.